The second-order valence-corrected chi connectivity index (χ2v) is 7.48. The van der Waals surface area contributed by atoms with Crippen LogP contribution in [-0.2, 0) is 13.0 Å². The summed E-state index contributed by atoms with van der Waals surface area (Å²) in [5.74, 6) is 0. The highest BCUT2D eigenvalue weighted by Gasteiger charge is 2.15. The Kier molecular flexibility index (Phi) is 4.93. The lowest BCUT2D eigenvalue weighted by Crippen LogP contribution is -2.39. The summed E-state index contributed by atoms with van der Waals surface area (Å²) < 4.78 is 2.99. The molecule has 0 saturated heterocycles. The summed E-state index contributed by atoms with van der Waals surface area (Å²) in [5.41, 5.74) is 5.15. The van der Waals surface area contributed by atoms with Gasteiger partial charge in [0.2, 0.25) is 0 Å². The van der Waals surface area contributed by atoms with Gasteiger partial charge in [0.15, 0.2) is 0 Å². The summed E-state index contributed by atoms with van der Waals surface area (Å²) in [6.07, 6.45) is 0.907. The van der Waals surface area contributed by atoms with Gasteiger partial charge in [-0.1, -0.05) is 55.0 Å². The first-order chi connectivity index (χ1) is 14.0. The molecule has 4 aromatic rings. The van der Waals surface area contributed by atoms with Crippen LogP contribution in [0.3, 0.4) is 0 Å². The number of hydrogen-bond donors (Lipinski definition) is 0. The van der Waals surface area contributed by atoms with Gasteiger partial charge in [0.25, 0.3) is 5.56 Å². The summed E-state index contributed by atoms with van der Waals surface area (Å²) in [6, 6.07) is 21.2. The molecule has 0 atom stereocenters. The van der Waals surface area contributed by atoms with E-state index in [9.17, 15) is 9.59 Å². The maximum absolute atomic E-state index is 13.5. The molecule has 29 heavy (non-hydrogen) atoms. The fourth-order valence-corrected chi connectivity index (χ4v) is 3.72. The van der Waals surface area contributed by atoms with Crippen LogP contribution in [0.4, 0.5) is 0 Å². The van der Waals surface area contributed by atoms with Crippen molar-refractivity contribution in [2.45, 2.75) is 33.7 Å². The second kappa shape index (κ2) is 7.55. The largest absolute Gasteiger partial charge is 0.336 e. The summed E-state index contributed by atoms with van der Waals surface area (Å²) >= 11 is 0. The number of rotatable bonds is 4. The minimum Gasteiger partial charge on any atom is -0.288 e. The van der Waals surface area contributed by atoms with Gasteiger partial charge in [0, 0.05) is 0 Å². The number of fused-ring (bicyclic) bond motifs is 1. The molecule has 0 aliphatic rings. The number of nitrogens with zero attached hydrogens (tertiary/aromatic N) is 2. The average molecular weight is 384 g/mol. The Hall–Kier alpha value is -3.40. The van der Waals surface area contributed by atoms with Gasteiger partial charge in [-0.25, -0.2) is 9.36 Å². The molecule has 0 unspecified atom stereocenters. The van der Waals surface area contributed by atoms with Gasteiger partial charge in [-0.3, -0.25) is 9.36 Å². The Morgan fingerprint density at radius 2 is 1.59 bits per heavy atom. The quantitative estimate of drug-likeness (QED) is 0.524. The topological polar surface area (TPSA) is 44.0 Å². The number of hydrogen-bond acceptors (Lipinski definition) is 2. The van der Waals surface area contributed by atoms with Crippen molar-refractivity contribution in [1.29, 1.82) is 0 Å². The average Bonchev–Trinajstić information content (AvgIpc) is 2.74. The van der Waals surface area contributed by atoms with Crippen molar-refractivity contribution >= 4 is 10.9 Å². The van der Waals surface area contributed by atoms with Crippen LogP contribution in [-0.4, -0.2) is 9.13 Å². The number of benzene rings is 3. The van der Waals surface area contributed by atoms with E-state index in [1.165, 1.54) is 10.1 Å². The Morgan fingerprint density at radius 1 is 0.862 bits per heavy atom. The molecule has 0 amide bonds. The maximum atomic E-state index is 13.5. The highest BCUT2D eigenvalue weighted by Crippen LogP contribution is 2.16. The standard InChI is InChI=1S/C25H24N2O2/c1-4-19-11-13-21(14-12-19)27-24(28)22-7-5-6-8-23(22)26(25(27)29)16-20-15-17(2)9-10-18(20)3/h5-15H,4,16H2,1-3H3. The third-order valence-corrected chi connectivity index (χ3v) is 5.49. The van der Waals surface area contributed by atoms with Crippen LogP contribution in [0.25, 0.3) is 16.6 Å². The van der Waals surface area contributed by atoms with E-state index in [0.717, 1.165) is 23.1 Å². The molecular weight excluding hydrogens is 360 g/mol. The lowest BCUT2D eigenvalue weighted by Gasteiger charge is -2.16. The highest BCUT2D eigenvalue weighted by molar-refractivity contribution is 5.78. The van der Waals surface area contributed by atoms with Crippen LogP contribution in [0.15, 0.2) is 76.3 Å². The van der Waals surface area contributed by atoms with Crippen LogP contribution < -0.4 is 11.2 Å². The van der Waals surface area contributed by atoms with E-state index in [1.807, 2.05) is 56.3 Å². The van der Waals surface area contributed by atoms with Crippen molar-refractivity contribution in [2.24, 2.45) is 0 Å². The predicted molar refractivity (Wildman–Crippen MR) is 118 cm³/mol. The van der Waals surface area contributed by atoms with E-state index in [4.69, 9.17) is 0 Å². The van der Waals surface area contributed by atoms with Gasteiger partial charge in [-0.05, 0) is 61.2 Å². The molecule has 0 N–H and O–H groups in total. The van der Waals surface area contributed by atoms with Crippen LogP contribution in [0, 0.1) is 13.8 Å². The summed E-state index contributed by atoms with van der Waals surface area (Å²) in [5, 5.41) is 0.539. The molecule has 3 aromatic carbocycles. The van der Waals surface area contributed by atoms with Gasteiger partial charge in [0.1, 0.15) is 0 Å². The normalized spacial score (nSPS) is 11.1. The predicted octanol–water partition coefficient (Wildman–Crippen LogP) is 4.38. The fraction of sp³-hybridized carbons (Fsp3) is 0.200. The zero-order valence-corrected chi connectivity index (χ0v) is 17.0. The minimum absolute atomic E-state index is 0.285. The number of aromatic nitrogens is 2. The molecule has 4 rings (SSSR count). The summed E-state index contributed by atoms with van der Waals surface area (Å²) in [7, 11) is 0. The number of para-hydroxylation sites is 1. The molecule has 0 saturated carbocycles. The van der Waals surface area contributed by atoms with Crippen LogP contribution in [0.1, 0.15) is 29.2 Å². The van der Waals surface area contributed by atoms with Crippen LogP contribution in [0.2, 0.25) is 0 Å². The molecule has 0 radical (unpaired) electrons. The van der Waals surface area contributed by atoms with E-state index < -0.39 is 0 Å². The third kappa shape index (κ3) is 3.42. The molecule has 0 bridgehead atoms. The van der Waals surface area contributed by atoms with E-state index in [1.54, 1.807) is 10.6 Å². The van der Waals surface area contributed by atoms with Crippen molar-refractivity contribution in [1.82, 2.24) is 9.13 Å². The van der Waals surface area contributed by atoms with Crippen LogP contribution in [0.5, 0.6) is 0 Å². The van der Waals surface area contributed by atoms with Crippen molar-refractivity contribution in [2.75, 3.05) is 0 Å². The smallest absolute Gasteiger partial charge is 0.288 e. The number of aryl methyl sites for hydroxylation is 3. The monoisotopic (exact) mass is 384 g/mol. The Balaban J connectivity index is 1.99. The van der Waals surface area contributed by atoms with E-state index in [-0.39, 0.29) is 11.2 Å². The van der Waals surface area contributed by atoms with Gasteiger partial charge < -0.3 is 0 Å². The van der Waals surface area contributed by atoms with Gasteiger partial charge in [-0.15, -0.1) is 0 Å². The molecule has 146 valence electrons. The Bertz CT molecular complexity index is 1310. The van der Waals surface area contributed by atoms with Gasteiger partial charge in [0.05, 0.1) is 23.1 Å². The molecule has 0 fully saturated rings. The fourth-order valence-electron chi connectivity index (χ4n) is 3.72. The molecular formula is C25H24N2O2. The van der Waals surface area contributed by atoms with Crippen molar-refractivity contribution < 1.29 is 0 Å². The highest BCUT2D eigenvalue weighted by atomic mass is 16.2. The van der Waals surface area contributed by atoms with E-state index in [2.05, 4.69) is 25.1 Å². The van der Waals surface area contributed by atoms with Gasteiger partial charge in [-0.2, -0.15) is 0 Å². The zero-order valence-electron chi connectivity index (χ0n) is 17.0. The molecule has 0 aliphatic carbocycles. The van der Waals surface area contributed by atoms with Crippen molar-refractivity contribution in [3.63, 3.8) is 0 Å². The Labute approximate surface area is 169 Å². The Morgan fingerprint density at radius 3 is 2.31 bits per heavy atom. The first-order valence-corrected chi connectivity index (χ1v) is 9.89. The second-order valence-electron chi connectivity index (χ2n) is 7.48. The molecule has 0 spiro atoms. The van der Waals surface area contributed by atoms with Gasteiger partial charge >= 0.3 is 5.69 Å². The maximum Gasteiger partial charge on any atom is 0.336 e. The summed E-state index contributed by atoms with van der Waals surface area (Å²) in [4.78, 5) is 26.7. The third-order valence-electron chi connectivity index (χ3n) is 5.49. The SMILES string of the molecule is CCc1ccc(-n2c(=O)c3ccccc3n(Cc3cc(C)ccc3C)c2=O)cc1. The molecule has 4 nitrogen and oxygen atoms in total. The van der Waals surface area contributed by atoms with Crippen LogP contribution >= 0.6 is 0 Å². The lowest BCUT2D eigenvalue weighted by atomic mass is 10.1. The minimum atomic E-state index is -0.321. The van der Waals surface area contributed by atoms with Crippen molar-refractivity contribution in [3.05, 3.63) is 110 Å². The van der Waals surface area contributed by atoms with E-state index in [0.29, 0.717) is 23.1 Å². The molecule has 1 heterocycles. The molecule has 4 heteroatoms. The molecule has 0 aliphatic heterocycles. The van der Waals surface area contributed by atoms with E-state index >= 15 is 0 Å². The van der Waals surface area contributed by atoms with Crippen molar-refractivity contribution in [3.8, 4) is 5.69 Å². The zero-order chi connectivity index (χ0) is 20.5. The lowest BCUT2D eigenvalue weighted by molar-refractivity contribution is 0.711. The summed E-state index contributed by atoms with van der Waals surface area (Å²) in [6.45, 7) is 6.58. The first-order valence-electron chi connectivity index (χ1n) is 9.89. The first kappa shape index (κ1) is 18.9. The molecule has 1 aromatic heterocycles.